The Hall–Kier alpha value is -2.61. The van der Waals surface area contributed by atoms with Gasteiger partial charge in [-0.1, -0.05) is 11.3 Å². The second-order valence-corrected chi connectivity index (χ2v) is 5.37. The van der Waals surface area contributed by atoms with Crippen molar-refractivity contribution in [2.45, 2.75) is 0 Å². The van der Waals surface area contributed by atoms with E-state index >= 15 is 0 Å². The Balaban J connectivity index is 2.19. The molecule has 8 heteroatoms. The molecule has 0 fully saturated rings. The number of ether oxygens (including phenoxy) is 3. The lowest BCUT2D eigenvalue weighted by atomic mass is 10.1. The molecule has 0 aliphatic heterocycles. The van der Waals surface area contributed by atoms with Crippen LogP contribution in [-0.4, -0.2) is 35.9 Å². The Kier molecular flexibility index (Phi) is 3.68. The Morgan fingerprint density at radius 2 is 1.82 bits per heavy atom. The molecule has 0 atom stereocenters. The van der Waals surface area contributed by atoms with Crippen LogP contribution in [0.2, 0.25) is 0 Å². The van der Waals surface area contributed by atoms with Gasteiger partial charge in [0.15, 0.2) is 11.5 Å². The third-order valence-corrected chi connectivity index (χ3v) is 4.11. The molecular weight excluding hydrogens is 306 g/mol. The van der Waals surface area contributed by atoms with Gasteiger partial charge in [-0.3, -0.25) is 4.79 Å². The van der Waals surface area contributed by atoms with E-state index in [4.69, 9.17) is 14.2 Å². The monoisotopic (exact) mass is 319 g/mol. The van der Waals surface area contributed by atoms with Crippen LogP contribution < -0.4 is 24.3 Å². The number of aromatic nitrogens is 3. The van der Waals surface area contributed by atoms with Crippen LogP contribution >= 0.6 is 11.3 Å². The number of hydrogen-bond donors (Lipinski definition) is 0. The number of methoxy groups -OCH3 is 3. The molecule has 0 spiro atoms. The summed E-state index contributed by atoms with van der Waals surface area (Å²) < 4.78 is 17.9. The van der Waals surface area contributed by atoms with E-state index in [0.717, 1.165) is 5.56 Å². The van der Waals surface area contributed by atoms with Crippen LogP contribution in [0.15, 0.2) is 23.3 Å². The molecule has 114 valence electrons. The maximum atomic E-state index is 12.2. The van der Waals surface area contributed by atoms with E-state index in [9.17, 15) is 4.79 Å². The molecule has 0 saturated carbocycles. The standard InChI is InChI=1S/C14H13N3O4S/c1-19-9-4-8(5-10(20-2)12(9)21-3)6-11-13(18)17-7-15-16-14(17)22-11/h4-7H,1-3H3. The lowest BCUT2D eigenvalue weighted by Gasteiger charge is -2.12. The van der Waals surface area contributed by atoms with Crippen LogP contribution in [0.1, 0.15) is 5.56 Å². The Morgan fingerprint density at radius 3 is 2.36 bits per heavy atom. The molecule has 2 aromatic heterocycles. The van der Waals surface area contributed by atoms with Crippen LogP contribution in [0.25, 0.3) is 11.0 Å². The van der Waals surface area contributed by atoms with E-state index in [1.54, 1.807) is 39.5 Å². The summed E-state index contributed by atoms with van der Waals surface area (Å²) in [6.07, 6.45) is 3.16. The molecule has 3 aromatic rings. The van der Waals surface area contributed by atoms with Gasteiger partial charge >= 0.3 is 0 Å². The summed E-state index contributed by atoms with van der Waals surface area (Å²) in [7, 11) is 4.64. The van der Waals surface area contributed by atoms with Crippen LogP contribution in [0, 0.1) is 0 Å². The first-order valence-electron chi connectivity index (χ1n) is 6.32. The van der Waals surface area contributed by atoms with Crippen molar-refractivity contribution in [3.63, 3.8) is 0 Å². The molecule has 22 heavy (non-hydrogen) atoms. The zero-order valence-electron chi connectivity index (χ0n) is 12.2. The SMILES string of the molecule is COc1cc(C=c2sc3nncn3c2=O)cc(OC)c1OC. The topological polar surface area (TPSA) is 75.0 Å². The fourth-order valence-electron chi connectivity index (χ4n) is 2.12. The second kappa shape index (κ2) is 5.64. The van der Waals surface area contributed by atoms with Gasteiger partial charge in [-0.05, 0) is 23.8 Å². The number of benzene rings is 1. The summed E-state index contributed by atoms with van der Waals surface area (Å²) in [6.45, 7) is 0. The van der Waals surface area contributed by atoms with Crippen molar-refractivity contribution < 1.29 is 14.2 Å². The van der Waals surface area contributed by atoms with E-state index in [0.29, 0.717) is 26.7 Å². The largest absolute Gasteiger partial charge is 0.493 e. The minimum Gasteiger partial charge on any atom is -0.493 e. The molecule has 0 bridgehead atoms. The predicted molar refractivity (Wildman–Crippen MR) is 82.0 cm³/mol. The van der Waals surface area contributed by atoms with Gasteiger partial charge in [0.25, 0.3) is 5.56 Å². The molecule has 2 heterocycles. The predicted octanol–water partition coefficient (Wildman–Crippen LogP) is 0.724. The summed E-state index contributed by atoms with van der Waals surface area (Å²) in [6, 6.07) is 3.56. The van der Waals surface area contributed by atoms with Gasteiger partial charge in [-0.25, -0.2) is 4.40 Å². The van der Waals surface area contributed by atoms with E-state index in [-0.39, 0.29) is 5.56 Å². The normalized spacial score (nSPS) is 11.9. The van der Waals surface area contributed by atoms with Crippen LogP contribution in [0.5, 0.6) is 17.2 Å². The average Bonchev–Trinajstić information content (AvgIpc) is 3.10. The number of rotatable bonds is 4. The highest BCUT2D eigenvalue weighted by molar-refractivity contribution is 7.15. The maximum absolute atomic E-state index is 12.2. The highest BCUT2D eigenvalue weighted by Gasteiger charge is 2.13. The summed E-state index contributed by atoms with van der Waals surface area (Å²) >= 11 is 1.27. The molecule has 0 N–H and O–H groups in total. The van der Waals surface area contributed by atoms with Crippen molar-refractivity contribution in [2.75, 3.05) is 21.3 Å². The Labute approximate surface area is 129 Å². The molecule has 1 aromatic carbocycles. The van der Waals surface area contributed by atoms with Gasteiger partial charge < -0.3 is 14.2 Å². The second-order valence-electron chi connectivity index (χ2n) is 4.36. The van der Waals surface area contributed by atoms with Gasteiger partial charge in [0.1, 0.15) is 6.33 Å². The van der Waals surface area contributed by atoms with Crippen molar-refractivity contribution in [2.24, 2.45) is 0 Å². The smallest absolute Gasteiger partial charge is 0.275 e. The summed E-state index contributed by atoms with van der Waals surface area (Å²) in [4.78, 5) is 12.8. The number of hydrogen-bond acceptors (Lipinski definition) is 7. The number of nitrogens with zero attached hydrogens (tertiary/aromatic N) is 3. The lowest BCUT2D eigenvalue weighted by Crippen LogP contribution is -2.22. The molecule has 0 unspecified atom stereocenters. The zero-order valence-corrected chi connectivity index (χ0v) is 13.0. The van der Waals surface area contributed by atoms with Crippen molar-refractivity contribution >= 4 is 22.4 Å². The van der Waals surface area contributed by atoms with Gasteiger partial charge in [-0.15, -0.1) is 10.2 Å². The van der Waals surface area contributed by atoms with E-state index in [2.05, 4.69) is 10.2 Å². The minimum absolute atomic E-state index is 0.154. The molecule has 0 radical (unpaired) electrons. The van der Waals surface area contributed by atoms with Gasteiger partial charge in [0.2, 0.25) is 10.7 Å². The van der Waals surface area contributed by atoms with Gasteiger partial charge in [-0.2, -0.15) is 0 Å². The minimum atomic E-state index is -0.154. The molecule has 0 aliphatic carbocycles. The lowest BCUT2D eigenvalue weighted by molar-refractivity contribution is 0.324. The van der Waals surface area contributed by atoms with Crippen molar-refractivity contribution in [1.29, 1.82) is 0 Å². The summed E-state index contributed by atoms with van der Waals surface area (Å²) in [5.41, 5.74) is 0.614. The van der Waals surface area contributed by atoms with Gasteiger partial charge in [0, 0.05) is 0 Å². The molecular formula is C14H13N3O4S. The first-order chi connectivity index (χ1) is 10.7. The molecule has 0 aliphatic rings. The third kappa shape index (κ3) is 2.27. The highest BCUT2D eigenvalue weighted by atomic mass is 32.1. The van der Waals surface area contributed by atoms with E-state index < -0.39 is 0 Å². The molecule has 3 rings (SSSR count). The average molecular weight is 319 g/mol. The first kappa shape index (κ1) is 14.3. The summed E-state index contributed by atoms with van der Waals surface area (Å²) in [5.74, 6) is 1.57. The van der Waals surface area contributed by atoms with Gasteiger partial charge in [0.05, 0.1) is 25.9 Å². The van der Waals surface area contributed by atoms with E-state index in [1.807, 2.05) is 0 Å². The Bertz CT molecular complexity index is 906. The fraction of sp³-hybridized carbons (Fsp3) is 0.214. The quantitative estimate of drug-likeness (QED) is 0.705. The van der Waals surface area contributed by atoms with Crippen LogP contribution in [-0.2, 0) is 0 Å². The zero-order chi connectivity index (χ0) is 15.7. The fourth-order valence-corrected chi connectivity index (χ4v) is 3.02. The number of fused-ring (bicyclic) bond motifs is 1. The van der Waals surface area contributed by atoms with Crippen LogP contribution in [0.3, 0.4) is 0 Å². The van der Waals surface area contributed by atoms with Crippen molar-refractivity contribution in [1.82, 2.24) is 14.6 Å². The van der Waals surface area contributed by atoms with E-state index in [1.165, 1.54) is 22.1 Å². The highest BCUT2D eigenvalue weighted by Crippen LogP contribution is 2.38. The maximum Gasteiger partial charge on any atom is 0.275 e. The number of thiazole rings is 1. The third-order valence-electron chi connectivity index (χ3n) is 3.13. The van der Waals surface area contributed by atoms with Crippen molar-refractivity contribution in [3.8, 4) is 17.2 Å². The molecule has 7 nitrogen and oxygen atoms in total. The molecule has 0 saturated heterocycles. The van der Waals surface area contributed by atoms with Crippen molar-refractivity contribution in [3.05, 3.63) is 38.9 Å². The van der Waals surface area contributed by atoms with Crippen LogP contribution in [0.4, 0.5) is 0 Å². The summed E-state index contributed by atoms with van der Waals surface area (Å²) in [5, 5.41) is 7.58. The first-order valence-corrected chi connectivity index (χ1v) is 7.14. The molecule has 0 amide bonds. The Morgan fingerprint density at radius 1 is 1.14 bits per heavy atom.